The second kappa shape index (κ2) is 4.81. The largest absolute Gasteiger partial charge is 0.380 e. The molecule has 2 atom stereocenters. The van der Waals surface area contributed by atoms with Gasteiger partial charge in [-0.15, -0.1) is 0 Å². The van der Waals surface area contributed by atoms with Crippen molar-refractivity contribution in [1.82, 2.24) is 5.32 Å². The number of hydrogen-bond donors (Lipinski definition) is 2. The van der Waals surface area contributed by atoms with Gasteiger partial charge in [0.1, 0.15) is 0 Å². The summed E-state index contributed by atoms with van der Waals surface area (Å²) < 4.78 is 5.50. The lowest BCUT2D eigenvalue weighted by Crippen LogP contribution is -2.54. The van der Waals surface area contributed by atoms with Crippen LogP contribution in [0.1, 0.15) is 40.5 Å². The van der Waals surface area contributed by atoms with Gasteiger partial charge in [-0.05, 0) is 25.2 Å². The Hall–Kier alpha value is -0.120. The standard InChI is InChI=1S/C12H26N2O/c1-11(2,3)10(13)8-14-12(4)6-5-7-15-9-12/h10,14H,5-9,13H2,1-4H3. The number of hydrogen-bond acceptors (Lipinski definition) is 3. The van der Waals surface area contributed by atoms with Crippen molar-refractivity contribution < 1.29 is 4.74 Å². The Morgan fingerprint density at radius 2 is 2.13 bits per heavy atom. The molecule has 0 amide bonds. The zero-order valence-electron chi connectivity index (χ0n) is 10.6. The van der Waals surface area contributed by atoms with E-state index in [1.165, 1.54) is 6.42 Å². The third-order valence-electron chi connectivity index (χ3n) is 3.30. The molecule has 15 heavy (non-hydrogen) atoms. The van der Waals surface area contributed by atoms with Crippen molar-refractivity contribution in [3.8, 4) is 0 Å². The molecule has 3 nitrogen and oxygen atoms in total. The van der Waals surface area contributed by atoms with Crippen LogP contribution in [0.2, 0.25) is 0 Å². The van der Waals surface area contributed by atoms with Gasteiger partial charge in [-0.2, -0.15) is 0 Å². The lowest BCUT2D eigenvalue weighted by molar-refractivity contribution is 0.0266. The fourth-order valence-corrected chi connectivity index (χ4v) is 1.74. The Morgan fingerprint density at radius 1 is 1.47 bits per heavy atom. The first-order valence-corrected chi connectivity index (χ1v) is 5.92. The van der Waals surface area contributed by atoms with Crippen LogP contribution >= 0.6 is 0 Å². The monoisotopic (exact) mass is 214 g/mol. The van der Waals surface area contributed by atoms with E-state index in [9.17, 15) is 0 Å². The van der Waals surface area contributed by atoms with Gasteiger partial charge in [-0.25, -0.2) is 0 Å². The molecule has 0 radical (unpaired) electrons. The molecule has 1 aliphatic rings. The molecule has 1 aliphatic heterocycles. The molecule has 0 aromatic carbocycles. The minimum atomic E-state index is 0.126. The van der Waals surface area contributed by atoms with Crippen LogP contribution in [0.25, 0.3) is 0 Å². The Bertz CT molecular complexity index is 192. The number of nitrogens with two attached hydrogens (primary N) is 1. The highest BCUT2D eigenvalue weighted by Crippen LogP contribution is 2.20. The third kappa shape index (κ3) is 4.09. The number of nitrogens with one attached hydrogen (secondary N) is 1. The lowest BCUT2D eigenvalue weighted by Gasteiger charge is -2.37. The highest BCUT2D eigenvalue weighted by molar-refractivity contribution is 4.89. The van der Waals surface area contributed by atoms with Crippen molar-refractivity contribution in [2.75, 3.05) is 19.8 Å². The van der Waals surface area contributed by atoms with Crippen molar-refractivity contribution in [2.45, 2.75) is 52.1 Å². The molecule has 0 bridgehead atoms. The third-order valence-corrected chi connectivity index (χ3v) is 3.30. The van der Waals surface area contributed by atoms with Gasteiger partial charge in [0, 0.05) is 24.7 Å². The van der Waals surface area contributed by atoms with Crippen molar-refractivity contribution in [2.24, 2.45) is 11.1 Å². The van der Waals surface area contributed by atoms with Crippen LogP contribution in [0.15, 0.2) is 0 Å². The maximum Gasteiger partial charge on any atom is 0.0645 e. The first-order valence-electron chi connectivity index (χ1n) is 5.92. The average Bonchev–Trinajstić information content (AvgIpc) is 2.14. The van der Waals surface area contributed by atoms with Gasteiger partial charge in [0.15, 0.2) is 0 Å². The van der Waals surface area contributed by atoms with Gasteiger partial charge in [-0.1, -0.05) is 20.8 Å². The maximum atomic E-state index is 6.12. The predicted octanol–water partition coefficient (Wildman–Crippen LogP) is 1.52. The van der Waals surface area contributed by atoms with Gasteiger partial charge < -0.3 is 15.8 Å². The Labute approximate surface area is 93.8 Å². The second-order valence-electron chi connectivity index (χ2n) is 6.07. The van der Waals surface area contributed by atoms with Crippen molar-refractivity contribution in [1.29, 1.82) is 0 Å². The Balaban J connectivity index is 2.35. The number of rotatable bonds is 3. The smallest absolute Gasteiger partial charge is 0.0645 e. The molecular weight excluding hydrogens is 188 g/mol. The molecular formula is C12H26N2O. The van der Waals surface area contributed by atoms with E-state index < -0.39 is 0 Å². The zero-order chi connectivity index (χ0) is 11.5. The second-order valence-corrected chi connectivity index (χ2v) is 6.07. The quantitative estimate of drug-likeness (QED) is 0.749. The molecule has 0 spiro atoms. The van der Waals surface area contributed by atoms with Crippen LogP contribution in [-0.2, 0) is 4.74 Å². The molecule has 1 fully saturated rings. The summed E-state index contributed by atoms with van der Waals surface area (Å²) in [5, 5.41) is 3.55. The fourth-order valence-electron chi connectivity index (χ4n) is 1.74. The minimum absolute atomic E-state index is 0.126. The van der Waals surface area contributed by atoms with Gasteiger partial charge >= 0.3 is 0 Å². The first kappa shape index (κ1) is 12.9. The number of ether oxygens (including phenoxy) is 1. The Kier molecular flexibility index (Phi) is 4.15. The summed E-state index contributed by atoms with van der Waals surface area (Å²) in [6.45, 7) is 11.3. The Morgan fingerprint density at radius 3 is 2.60 bits per heavy atom. The van der Waals surface area contributed by atoms with Gasteiger partial charge in [0.25, 0.3) is 0 Å². The molecule has 2 unspecified atom stereocenters. The van der Waals surface area contributed by atoms with Gasteiger partial charge in [0.05, 0.1) is 6.61 Å². The van der Waals surface area contributed by atoms with E-state index in [-0.39, 0.29) is 17.0 Å². The van der Waals surface area contributed by atoms with E-state index in [0.29, 0.717) is 0 Å². The zero-order valence-corrected chi connectivity index (χ0v) is 10.6. The first-order chi connectivity index (χ1) is 6.83. The van der Waals surface area contributed by atoms with Gasteiger partial charge in [0.2, 0.25) is 0 Å². The summed E-state index contributed by atoms with van der Waals surface area (Å²) in [6.07, 6.45) is 2.33. The van der Waals surface area contributed by atoms with E-state index in [2.05, 4.69) is 33.0 Å². The van der Waals surface area contributed by atoms with E-state index >= 15 is 0 Å². The summed E-state index contributed by atoms with van der Waals surface area (Å²) in [5.41, 5.74) is 6.42. The highest BCUT2D eigenvalue weighted by atomic mass is 16.5. The van der Waals surface area contributed by atoms with Gasteiger partial charge in [-0.3, -0.25) is 0 Å². The summed E-state index contributed by atoms with van der Waals surface area (Å²) in [5.74, 6) is 0. The molecule has 90 valence electrons. The summed E-state index contributed by atoms with van der Waals surface area (Å²) in [6, 6.07) is 0.191. The van der Waals surface area contributed by atoms with Crippen LogP contribution in [0, 0.1) is 5.41 Å². The molecule has 0 aliphatic carbocycles. The van der Waals surface area contributed by atoms with E-state index in [0.717, 1.165) is 26.2 Å². The molecule has 3 heteroatoms. The average molecular weight is 214 g/mol. The van der Waals surface area contributed by atoms with Crippen molar-refractivity contribution in [3.63, 3.8) is 0 Å². The normalized spacial score (nSPS) is 30.2. The maximum absolute atomic E-state index is 6.12. The highest BCUT2D eigenvalue weighted by Gasteiger charge is 2.29. The van der Waals surface area contributed by atoms with Crippen LogP contribution < -0.4 is 11.1 Å². The van der Waals surface area contributed by atoms with E-state index in [1.54, 1.807) is 0 Å². The molecule has 0 aromatic rings. The predicted molar refractivity (Wildman–Crippen MR) is 63.9 cm³/mol. The van der Waals surface area contributed by atoms with Crippen molar-refractivity contribution in [3.05, 3.63) is 0 Å². The molecule has 1 heterocycles. The van der Waals surface area contributed by atoms with Crippen LogP contribution in [0.5, 0.6) is 0 Å². The molecule has 1 rings (SSSR count). The van der Waals surface area contributed by atoms with Crippen molar-refractivity contribution >= 4 is 0 Å². The summed E-state index contributed by atoms with van der Waals surface area (Å²) >= 11 is 0. The summed E-state index contributed by atoms with van der Waals surface area (Å²) in [4.78, 5) is 0. The fraction of sp³-hybridized carbons (Fsp3) is 1.00. The van der Waals surface area contributed by atoms with Crippen LogP contribution in [-0.4, -0.2) is 31.3 Å². The lowest BCUT2D eigenvalue weighted by atomic mass is 9.86. The molecule has 0 saturated carbocycles. The van der Waals surface area contributed by atoms with E-state index in [1.807, 2.05) is 0 Å². The van der Waals surface area contributed by atoms with Crippen LogP contribution in [0.4, 0.5) is 0 Å². The minimum Gasteiger partial charge on any atom is -0.380 e. The molecule has 0 aromatic heterocycles. The van der Waals surface area contributed by atoms with Crippen LogP contribution in [0.3, 0.4) is 0 Å². The summed E-state index contributed by atoms with van der Waals surface area (Å²) in [7, 11) is 0. The molecule has 1 saturated heterocycles. The SMILES string of the molecule is CC1(NCC(N)C(C)(C)C)CCCOC1. The topological polar surface area (TPSA) is 47.3 Å². The van der Waals surface area contributed by atoms with E-state index in [4.69, 9.17) is 10.5 Å². The molecule has 3 N–H and O–H groups in total.